The van der Waals surface area contributed by atoms with Gasteiger partial charge in [0.1, 0.15) is 18.6 Å². The highest BCUT2D eigenvalue weighted by Gasteiger charge is 2.70. The normalized spacial score (nSPS) is 23.1. The Kier molecular flexibility index (Phi) is 12.1. The van der Waals surface area contributed by atoms with Crippen molar-refractivity contribution in [2.75, 3.05) is 13.1 Å². The first-order valence-corrected chi connectivity index (χ1v) is 16.0. The molecule has 4 N–H and O–H groups in total. The number of halogens is 3. The summed E-state index contributed by atoms with van der Waals surface area (Å²) < 4.78 is 38.0. The number of likely N-dealkylation sites (tertiary alicyclic amines) is 1. The van der Waals surface area contributed by atoms with E-state index in [2.05, 4.69) is 16.0 Å². The van der Waals surface area contributed by atoms with Crippen molar-refractivity contribution in [2.45, 2.75) is 113 Å². The van der Waals surface area contributed by atoms with Gasteiger partial charge in [-0.15, -0.1) is 0 Å². The summed E-state index contributed by atoms with van der Waals surface area (Å²) in [6, 6.07) is -5.06. The van der Waals surface area contributed by atoms with Crippen molar-refractivity contribution in [3.8, 4) is 0 Å². The smallest absolute Gasteiger partial charge is 0.344 e. The number of alkyl halides is 3. The van der Waals surface area contributed by atoms with Crippen LogP contribution in [0.15, 0.2) is 0 Å². The van der Waals surface area contributed by atoms with Crippen LogP contribution in [0.5, 0.6) is 0 Å². The molecule has 1 saturated heterocycles. The molecular weight excluding hydrogens is 607 g/mol. The number of piperidine rings is 1. The first-order valence-electron chi connectivity index (χ1n) is 16.0. The summed E-state index contributed by atoms with van der Waals surface area (Å²) >= 11 is 0. The van der Waals surface area contributed by atoms with Gasteiger partial charge < -0.3 is 26.2 Å². The van der Waals surface area contributed by atoms with E-state index in [0.29, 0.717) is 6.42 Å². The van der Waals surface area contributed by atoms with Gasteiger partial charge in [-0.25, -0.2) is 4.79 Å². The van der Waals surface area contributed by atoms with Crippen LogP contribution in [0.3, 0.4) is 0 Å². The molecule has 7 atom stereocenters. The third kappa shape index (κ3) is 8.99. The number of urea groups is 1. The van der Waals surface area contributed by atoms with Gasteiger partial charge in [-0.2, -0.15) is 13.2 Å². The number of rotatable bonds is 13. The summed E-state index contributed by atoms with van der Waals surface area (Å²) in [5.41, 5.74) is -1.14. The summed E-state index contributed by atoms with van der Waals surface area (Å²) in [5, 5.41) is 9.58. The maximum atomic E-state index is 14.2. The van der Waals surface area contributed by atoms with Gasteiger partial charge >= 0.3 is 12.2 Å². The van der Waals surface area contributed by atoms with E-state index in [1.807, 2.05) is 13.8 Å². The predicted molar refractivity (Wildman–Crippen MR) is 165 cm³/mol. The van der Waals surface area contributed by atoms with Crippen LogP contribution in [-0.4, -0.2) is 83.7 Å². The van der Waals surface area contributed by atoms with Gasteiger partial charge in [-0.3, -0.25) is 24.0 Å². The summed E-state index contributed by atoms with van der Waals surface area (Å²) in [6.45, 7) is 18.1. The molecule has 2 fully saturated rings. The Balaban J connectivity index is 2.35. The van der Waals surface area contributed by atoms with Crippen LogP contribution in [0.4, 0.5) is 18.0 Å². The minimum atomic E-state index is -4.73. The fourth-order valence-corrected chi connectivity index (χ4v) is 6.22. The SMILES string of the molecule is CCC(C)C(NC(=O)[C@@H]1[C@@H]2C(CN1C(=O)[C@@H](NC(=O)N[C@H](C(=O)C(C)C)C(C)C)C(C)(C)C)C2(C)C)C(=O)C(=O)NCC(F)(F)F. The monoisotopic (exact) mass is 659 g/mol. The van der Waals surface area contributed by atoms with Crippen molar-refractivity contribution in [3.63, 3.8) is 0 Å². The fraction of sp³-hybridized carbons (Fsp3) is 0.812. The van der Waals surface area contributed by atoms with Crippen molar-refractivity contribution in [1.29, 1.82) is 0 Å². The molecule has 5 amide bonds. The maximum absolute atomic E-state index is 14.2. The molecule has 1 aliphatic carbocycles. The van der Waals surface area contributed by atoms with Gasteiger partial charge in [0.2, 0.25) is 17.6 Å². The van der Waals surface area contributed by atoms with Crippen molar-refractivity contribution in [3.05, 3.63) is 0 Å². The molecule has 262 valence electrons. The van der Waals surface area contributed by atoms with Crippen molar-refractivity contribution >= 4 is 35.3 Å². The molecule has 0 aromatic rings. The Hall–Kier alpha value is -3.19. The molecule has 14 heteroatoms. The van der Waals surface area contributed by atoms with E-state index in [1.165, 1.54) is 4.90 Å². The highest BCUT2D eigenvalue weighted by atomic mass is 19.4. The predicted octanol–water partition coefficient (Wildman–Crippen LogP) is 3.21. The number of amides is 5. The molecule has 0 bridgehead atoms. The van der Waals surface area contributed by atoms with E-state index in [1.54, 1.807) is 67.6 Å². The largest absolute Gasteiger partial charge is 0.405 e. The number of hydrogen-bond acceptors (Lipinski definition) is 6. The number of carbonyl (C=O) groups excluding carboxylic acids is 6. The number of nitrogens with zero attached hydrogens (tertiary/aromatic N) is 1. The Morgan fingerprint density at radius 2 is 1.46 bits per heavy atom. The van der Waals surface area contributed by atoms with Crippen LogP contribution in [0, 0.1) is 40.4 Å². The van der Waals surface area contributed by atoms with Crippen molar-refractivity contribution in [2.24, 2.45) is 40.4 Å². The zero-order valence-corrected chi connectivity index (χ0v) is 28.8. The second kappa shape index (κ2) is 14.3. The van der Waals surface area contributed by atoms with Gasteiger partial charge in [0.25, 0.3) is 5.91 Å². The molecular formula is C32H52F3N5O6. The van der Waals surface area contributed by atoms with Gasteiger partial charge in [0, 0.05) is 12.5 Å². The molecule has 1 heterocycles. The molecule has 1 aliphatic heterocycles. The lowest BCUT2D eigenvalue weighted by Crippen LogP contribution is -2.62. The Labute approximate surface area is 269 Å². The van der Waals surface area contributed by atoms with Crippen LogP contribution < -0.4 is 21.3 Å². The first kappa shape index (κ1) is 39.0. The zero-order chi connectivity index (χ0) is 35.7. The quantitative estimate of drug-likeness (QED) is 0.223. The van der Waals surface area contributed by atoms with E-state index in [9.17, 15) is 41.9 Å². The molecule has 2 rings (SSSR count). The third-order valence-electron chi connectivity index (χ3n) is 9.44. The molecule has 2 aliphatic rings. The lowest BCUT2D eigenvalue weighted by molar-refractivity contribution is -0.148. The fourth-order valence-electron chi connectivity index (χ4n) is 6.22. The Morgan fingerprint density at radius 3 is 1.91 bits per heavy atom. The second-order valence-electron chi connectivity index (χ2n) is 15.1. The highest BCUT2D eigenvalue weighted by molar-refractivity contribution is 6.38. The number of Topliss-reactive ketones (excluding diaryl/α,β-unsaturated/α-hetero) is 2. The van der Waals surface area contributed by atoms with Gasteiger partial charge in [-0.05, 0) is 34.5 Å². The van der Waals surface area contributed by atoms with Crippen LogP contribution >= 0.6 is 0 Å². The van der Waals surface area contributed by atoms with Gasteiger partial charge in [-0.1, -0.05) is 82.6 Å². The topological polar surface area (TPSA) is 154 Å². The number of hydrogen-bond donors (Lipinski definition) is 4. The minimum absolute atomic E-state index is 0.0523. The number of ketones is 2. The number of nitrogens with one attached hydrogen (secondary N) is 4. The van der Waals surface area contributed by atoms with E-state index in [-0.39, 0.29) is 41.4 Å². The van der Waals surface area contributed by atoms with Crippen LogP contribution in [-0.2, 0) is 24.0 Å². The first-order chi connectivity index (χ1) is 20.9. The number of fused-ring (bicyclic) bond motifs is 1. The van der Waals surface area contributed by atoms with Crippen LogP contribution in [0.2, 0.25) is 0 Å². The van der Waals surface area contributed by atoms with Gasteiger partial charge in [0.05, 0.1) is 12.1 Å². The summed E-state index contributed by atoms with van der Waals surface area (Å²) in [6.07, 6.45) is -4.40. The Morgan fingerprint density at radius 1 is 0.891 bits per heavy atom. The van der Waals surface area contributed by atoms with E-state index in [4.69, 9.17) is 0 Å². The zero-order valence-electron chi connectivity index (χ0n) is 28.8. The standard InChI is InChI=1S/C32H52F3N5O6/c1-12-17(6)21(24(42)27(44)36-14-32(33,34)35)37-26(43)22-19-18(31(19,10)11)13-40(22)28(45)25(30(7,8)9)39-29(46)38-20(15(2)3)23(41)16(4)5/h15-22,25H,12-14H2,1-11H3,(H,36,44)(H,37,43)(H2,38,39,46)/t17?,18?,19-,20-,21?,22-,25+/m0/s1. The van der Waals surface area contributed by atoms with E-state index < -0.39 is 77.8 Å². The van der Waals surface area contributed by atoms with Gasteiger partial charge in [0.15, 0.2) is 5.78 Å². The van der Waals surface area contributed by atoms with Crippen molar-refractivity contribution < 1.29 is 41.9 Å². The Bertz CT molecular complexity index is 1200. The molecule has 0 aromatic carbocycles. The minimum Gasteiger partial charge on any atom is -0.344 e. The average Bonchev–Trinajstić information content (AvgIpc) is 3.25. The molecule has 0 spiro atoms. The van der Waals surface area contributed by atoms with Crippen LogP contribution in [0.1, 0.15) is 82.6 Å². The molecule has 46 heavy (non-hydrogen) atoms. The summed E-state index contributed by atoms with van der Waals surface area (Å²) in [5.74, 6) is -5.53. The van der Waals surface area contributed by atoms with Crippen LogP contribution in [0.25, 0.3) is 0 Å². The number of carbonyl (C=O) groups is 6. The van der Waals surface area contributed by atoms with E-state index in [0.717, 1.165) is 0 Å². The lowest BCUT2D eigenvalue weighted by atomic mass is 9.85. The molecule has 0 radical (unpaired) electrons. The average molecular weight is 660 g/mol. The van der Waals surface area contributed by atoms with E-state index >= 15 is 0 Å². The molecule has 1 saturated carbocycles. The summed E-state index contributed by atoms with van der Waals surface area (Å²) in [7, 11) is 0. The molecule has 11 nitrogen and oxygen atoms in total. The van der Waals surface area contributed by atoms with Crippen molar-refractivity contribution in [1.82, 2.24) is 26.2 Å². The molecule has 0 aromatic heterocycles. The summed E-state index contributed by atoms with van der Waals surface area (Å²) in [4.78, 5) is 80.7. The molecule has 3 unspecified atom stereocenters. The lowest BCUT2D eigenvalue weighted by Gasteiger charge is -2.38. The maximum Gasteiger partial charge on any atom is 0.405 e. The second-order valence-corrected chi connectivity index (χ2v) is 15.1. The highest BCUT2D eigenvalue weighted by Crippen LogP contribution is 2.65. The third-order valence-corrected chi connectivity index (χ3v) is 9.44.